The molecule has 1 aromatic carbocycles. The highest BCUT2D eigenvalue weighted by molar-refractivity contribution is 9.08. The maximum atomic E-state index is 13.0. The van der Waals surface area contributed by atoms with Crippen molar-refractivity contribution in [3.63, 3.8) is 0 Å². The molecule has 2 rings (SSSR count). The third kappa shape index (κ3) is 1.48. The highest BCUT2D eigenvalue weighted by Crippen LogP contribution is 2.29. The second-order valence-electron chi connectivity index (χ2n) is 2.65. The molecule has 0 saturated heterocycles. The van der Waals surface area contributed by atoms with Gasteiger partial charge < -0.3 is 0 Å². The van der Waals surface area contributed by atoms with E-state index in [1.54, 1.807) is 18.2 Å². The molecule has 0 unspecified atom stereocenters. The second-order valence-corrected chi connectivity index (χ2v) is 4.22. The van der Waals surface area contributed by atoms with Crippen molar-refractivity contribution in [2.45, 2.75) is 5.33 Å². The van der Waals surface area contributed by atoms with Crippen LogP contribution in [0.4, 0.5) is 8.78 Å². The molecule has 0 N–H and O–H groups in total. The molecule has 0 atom stereocenters. The summed E-state index contributed by atoms with van der Waals surface area (Å²) < 4.78 is 26.5. The van der Waals surface area contributed by atoms with E-state index in [1.165, 1.54) is 0 Å². The first-order valence-corrected chi connectivity index (χ1v) is 5.58. The van der Waals surface area contributed by atoms with Gasteiger partial charge in [-0.2, -0.15) is 4.39 Å². The number of fused-ring (bicyclic) bond motifs is 1. The fraction of sp³-hybridized carbons (Fsp3) is 0.111. The highest BCUT2D eigenvalue weighted by atomic mass is 79.9. The predicted octanol–water partition coefficient (Wildman–Crippen LogP) is 4.07. The van der Waals surface area contributed by atoms with Crippen molar-refractivity contribution in [2.24, 2.45) is 0 Å². The van der Waals surface area contributed by atoms with Gasteiger partial charge in [-0.25, -0.2) is 4.39 Å². The molecule has 4 heteroatoms. The van der Waals surface area contributed by atoms with Gasteiger partial charge in [-0.3, -0.25) is 0 Å². The molecule has 2 aromatic rings. The number of thiophene rings is 1. The summed E-state index contributed by atoms with van der Waals surface area (Å²) in [5, 5.41) is 0.332. The van der Waals surface area contributed by atoms with Gasteiger partial charge in [0.2, 0.25) is 5.13 Å². The van der Waals surface area contributed by atoms with E-state index in [9.17, 15) is 8.78 Å². The van der Waals surface area contributed by atoms with Crippen LogP contribution in [0, 0.1) is 10.9 Å². The van der Waals surface area contributed by atoms with Crippen molar-refractivity contribution in [2.75, 3.05) is 0 Å². The molecule has 0 bridgehead atoms. The van der Waals surface area contributed by atoms with Gasteiger partial charge >= 0.3 is 0 Å². The molecule has 1 heterocycles. The Morgan fingerprint density at radius 2 is 2.08 bits per heavy atom. The van der Waals surface area contributed by atoms with Crippen LogP contribution in [0.25, 0.3) is 10.1 Å². The smallest absolute Gasteiger partial charge is 0.202 e. The van der Waals surface area contributed by atoms with Crippen molar-refractivity contribution < 1.29 is 8.78 Å². The van der Waals surface area contributed by atoms with Gasteiger partial charge in [-0.05, 0) is 11.6 Å². The van der Waals surface area contributed by atoms with Crippen molar-refractivity contribution in [3.05, 3.63) is 34.7 Å². The van der Waals surface area contributed by atoms with Crippen LogP contribution in [0.15, 0.2) is 18.2 Å². The standard InChI is InChI=1S/C9H5BrF2S/c10-4-5-1-2-6-7(3-5)13-9(12)8(6)11/h1-3H,4H2. The summed E-state index contributed by atoms with van der Waals surface area (Å²) >= 11 is 4.13. The van der Waals surface area contributed by atoms with Gasteiger partial charge in [-0.1, -0.05) is 28.1 Å². The molecule has 0 fully saturated rings. The van der Waals surface area contributed by atoms with Crippen LogP contribution in [-0.2, 0) is 5.33 Å². The summed E-state index contributed by atoms with van der Waals surface area (Å²) in [7, 11) is 0. The fourth-order valence-corrected chi connectivity index (χ4v) is 2.38. The van der Waals surface area contributed by atoms with Crippen LogP contribution in [0.2, 0.25) is 0 Å². The van der Waals surface area contributed by atoms with Crippen molar-refractivity contribution in [1.29, 1.82) is 0 Å². The Hall–Kier alpha value is -0.480. The number of alkyl halides is 1. The van der Waals surface area contributed by atoms with E-state index in [1.807, 2.05) is 0 Å². The Bertz CT molecular complexity index is 450. The number of benzene rings is 1. The summed E-state index contributed by atoms with van der Waals surface area (Å²) in [6.07, 6.45) is 0. The first-order valence-electron chi connectivity index (χ1n) is 3.65. The molecule has 0 aliphatic heterocycles. The number of halogens is 3. The third-order valence-corrected chi connectivity index (χ3v) is 3.37. The van der Waals surface area contributed by atoms with Gasteiger partial charge in [0.1, 0.15) is 0 Å². The molecule has 0 nitrogen and oxygen atoms in total. The quantitative estimate of drug-likeness (QED) is 0.680. The normalized spacial score (nSPS) is 11.0. The van der Waals surface area contributed by atoms with Crippen LogP contribution in [-0.4, -0.2) is 0 Å². The van der Waals surface area contributed by atoms with Crippen LogP contribution < -0.4 is 0 Å². The minimum Gasteiger partial charge on any atom is -0.202 e. The molecular weight excluding hydrogens is 258 g/mol. The number of rotatable bonds is 1. The summed E-state index contributed by atoms with van der Waals surface area (Å²) in [6, 6.07) is 5.19. The van der Waals surface area contributed by atoms with Crippen LogP contribution in [0.1, 0.15) is 5.56 Å². The minimum atomic E-state index is -0.735. The Kier molecular flexibility index (Phi) is 2.34. The van der Waals surface area contributed by atoms with Gasteiger partial charge in [0, 0.05) is 15.4 Å². The maximum absolute atomic E-state index is 13.0. The lowest BCUT2D eigenvalue weighted by Gasteiger charge is -1.93. The average Bonchev–Trinajstić information content (AvgIpc) is 2.42. The zero-order valence-corrected chi connectivity index (χ0v) is 8.88. The van der Waals surface area contributed by atoms with Crippen molar-refractivity contribution >= 4 is 37.4 Å². The van der Waals surface area contributed by atoms with Gasteiger partial charge in [0.05, 0.1) is 0 Å². The predicted molar refractivity (Wildman–Crippen MR) is 54.4 cm³/mol. The molecule has 0 aliphatic rings. The Morgan fingerprint density at radius 1 is 1.31 bits per heavy atom. The molecule has 0 amide bonds. The molecule has 0 saturated carbocycles. The molecule has 0 spiro atoms. The van der Waals surface area contributed by atoms with Crippen molar-refractivity contribution in [1.82, 2.24) is 0 Å². The van der Waals surface area contributed by atoms with Gasteiger partial charge in [0.25, 0.3) is 0 Å². The highest BCUT2D eigenvalue weighted by Gasteiger charge is 2.11. The number of hydrogen-bond donors (Lipinski definition) is 0. The molecule has 1 aromatic heterocycles. The molecule has 0 aliphatic carbocycles. The summed E-state index contributed by atoms with van der Waals surface area (Å²) in [5.74, 6) is -0.735. The Balaban J connectivity index is 2.73. The fourth-order valence-electron chi connectivity index (χ4n) is 1.16. The van der Waals surface area contributed by atoms with Crippen LogP contribution in [0.3, 0.4) is 0 Å². The maximum Gasteiger partial charge on any atom is 0.213 e. The average molecular weight is 263 g/mol. The zero-order chi connectivity index (χ0) is 9.42. The Labute approximate surface area is 86.3 Å². The first-order chi connectivity index (χ1) is 6.22. The van der Waals surface area contributed by atoms with E-state index < -0.39 is 10.9 Å². The van der Waals surface area contributed by atoms with E-state index >= 15 is 0 Å². The lowest BCUT2D eigenvalue weighted by atomic mass is 10.2. The molecule has 0 radical (unpaired) electrons. The first kappa shape index (κ1) is 9.09. The monoisotopic (exact) mass is 262 g/mol. The summed E-state index contributed by atoms with van der Waals surface area (Å²) in [6.45, 7) is 0. The van der Waals surface area contributed by atoms with Gasteiger partial charge in [-0.15, -0.1) is 11.3 Å². The van der Waals surface area contributed by atoms with Crippen molar-refractivity contribution in [3.8, 4) is 0 Å². The van der Waals surface area contributed by atoms with Crippen LogP contribution >= 0.6 is 27.3 Å². The molecular formula is C9H5BrF2S. The lowest BCUT2D eigenvalue weighted by Crippen LogP contribution is -1.76. The number of hydrogen-bond acceptors (Lipinski definition) is 1. The van der Waals surface area contributed by atoms with E-state index in [0.717, 1.165) is 16.9 Å². The zero-order valence-electron chi connectivity index (χ0n) is 6.48. The topological polar surface area (TPSA) is 0 Å². The van der Waals surface area contributed by atoms with E-state index in [0.29, 0.717) is 15.4 Å². The summed E-state index contributed by atoms with van der Waals surface area (Å²) in [4.78, 5) is 0. The molecule has 68 valence electrons. The minimum absolute atomic E-state index is 0.368. The second kappa shape index (κ2) is 3.35. The SMILES string of the molecule is Fc1sc2cc(CBr)ccc2c1F. The van der Waals surface area contributed by atoms with Crippen LogP contribution in [0.5, 0.6) is 0 Å². The van der Waals surface area contributed by atoms with E-state index in [-0.39, 0.29) is 0 Å². The lowest BCUT2D eigenvalue weighted by molar-refractivity contribution is 0.538. The van der Waals surface area contributed by atoms with Gasteiger partial charge in [0.15, 0.2) is 5.82 Å². The van der Waals surface area contributed by atoms with E-state index in [2.05, 4.69) is 15.9 Å². The molecule has 13 heavy (non-hydrogen) atoms. The largest absolute Gasteiger partial charge is 0.213 e. The Morgan fingerprint density at radius 3 is 2.77 bits per heavy atom. The third-order valence-electron chi connectivity index (χ3n) is 1.81. The van der Waals surface area contributed by atoms with E-state index in [4.69, 9.17) is 0 Å². The summed E-state index contributed by atoms with van der Waals surface area (Å²) in [5.41, 5.74) is 1.02.